The maximum absolute atomic E-state index is 11.4. The minimum atomic E-state index is -0.560. The number of rotatable bonds is 2. The zero-order valence-electron chi connectivity index (χ0n) is 8.02. The molecule has 1 aliphatic rings. The van der Waals surface area contributed by atoms with Crippen molar-refractivity contribution < 1.29 is 9.53 Å². The van der Waals surface area contributed by atoms with Crippen LogP contribution in [-0.4, -0.2) is 9.58 Å². The Kier molecular flexibility index (Phi) is 5.09. The lowest BCUT2D eigenvalue weighted by atomic mass is 10.1. The third kappa shape index (κ3) is 4.33. The van der Waals surface area contributed by atoms with Gasteiger partial charge in [0.05, 0.1) is 0 Å². The second-order valence-electron chi connectivity index (χ2n) is 3.25. The van der Waals surface area contributed by atoms with Gasteiger partial charge in [-0.15, -0.1) is 0 Å². The van der Waals surface area contributed by atoms with Crippen LogP contribution in [0.25, 0.3) is 0 Å². The summed E-state index contributed by atoms with van der Waals surface area (Å²) < 4.78 is 7.12. The third-order valence-electron chi connectivity index (χ3n) is 1.67. The first kappa shape index (κ1) is 13.9. The highest BCUT2D eigenvalue weighted by molar-refractivity contribution is 14.1. The molecule has 0 radical (unpaired) electrons. The van der Waals surface area contributed by atoms with Crippen molar-refractivity contribution in [1.82, 2.24) is 0 Å². The van der Waals surface area contributed by atoms with Gasteiger partial charge in [0.15, 0.2) is 3.61 Å². The summed E-state index contributed by atoms with van der Waals surface area (Å²) in [5, 5.41) is 0. The highest BCUT2D eigenvalue weighted by Crippen LogP contribution is 2.40. The van der Waals surface area contributed by atoms with E-state index in [1.165, 1.54) is 3.58 Å². The van der Waals surface area contributed by atoms with Crippen molar-refractivity contribution in [3.63, 3.8) is 0 Å². The van der Waals surface area contributed by atoms with Crippen molar-refractivity contribution in [2.24, 2.45) is 0 Å². The van der Waals surface area contributed by atoms with Crippen molar-refractivity contribution in [2.75, 3.05) is 0 Å². The molecule has 1 rings (SSSR count). The highest BCUT2D eigenvalue weighted by atomic mass is 127. The minimum Gasteiger partial charge on any atom is -0.440 e. The van der Waals surface area contributed by atoms with E-state index in [9.17, 15) is 4.79 Å². The summed E-state index contributed by atoms with van der Waals surface area (Å²) in [5.74, 6) is -0.337. The number of halogens is 3. The molecule has 0 fully saturated rings. The van der Waals surface area contributed by atoms with Gasteiger partial charge >= 0.3 is 5.97 Å². The molecule has 82 valence electrons. The van der Waals surface area contributed by atoms with Crippen molar-refractivity contribution in [3.8, 4) is 0 Å². The summed E-state index contributed by atoms with van der Waals surface area (Å²) in [4.78, 5) is 11.4. The first-order chi connectivity index (χ1) is 6.82. The summed E-state index contributed by atoms with van der Waals surface area (Å²) in [7, 11) is 0. The van der Waals surface area contributed by atoms with E-state index in [0.29, 0.717) is 5.57 Å². The first-order valence-electron chi connectivity index (χ1n) is 4.14. The monoisotopic (exact) mass is 542 g/mol. The van der Waals surface area contributed by atoms with Gasteiger partial charge < -0.3 is 4.74 Å². The quantitative estimate of drug-likeness (QED) is 0.226. The number of carbonyl (C=O) groups excluding carboxylic acids is 1. The zero-order chi connectivity index (χ0) is 11.6. The summed E-state index contributed by atoms with van der Waals surface area (Å²) >= 11 is 6.64. The SMILES string of the molecule is C=C(C)C(=O)OC1(I)C=C(I)C=C(I)C1. The fourth-order valence-corrected chi connectivity index (χ4v) is 5.69. The number of esters is 1. The van der Waals surface area contributed by atoms with Gasteiger partial charge in [-0.05, 0) is 90.4 Å². The van der Waals surface area contributed by atoms with Crippen molar-refractivity contribution in [2.45, 2.75) is 17.0 Å². The molecule has 0 saturated heterocycles. The standard InChI is InChI=1S/C10H9I3O2/c1-6(2)9(14)15-10(13)4-7(11)3-8(12)5-10/h3-4H,1,5H2,2H3. The Morgan fingerprint density at radius 3 is 2.67 bits per heavy atom. The molecule has 0 N–H and O–H groups in total. The van der Waals surface area contributed by atoms with E-state index in [2.05, 4.69) is 80.4 Å². The van der Waals surface area contributed by atoms with E-state index in [0.717, 1.165) is 10.0 Å². The lowest BCUT2D eigenvalue weighted by Crippen LogP contribution is -2.28. The molecule has 0 aromatic heterocycles. The molecule has 5 heteroatoms. The maximum Gasteiger partial charge on any atom is 0.334 e. The fraction of sp³-hybridized carbons (Fsp3) is 0.300. The fourth-order valence-electron chi connectivity index (χ4n) is 1.04. The highest BCUT2D eigenvalue weighted by Gasteiger charge is 2.32. The molecule has 1 unspecified atom stereocenters. The number of hydrogen-bond acceptors (Lipinski definition) is 2. The number of ether oxygens (including phenoxy) is 1. The van der Waals surface area contributed by atoms with Crippen LogP contribution >= 0.6 is 67.8 Å². The summed E-state index contributed by atoms with van der Waals surface area (Å²) in [5.41, 5.74) is 0.430. The van der Waals surface area contributed by atoms with Gasteiger partial charge in [-0.3, -0.25) is 0 Å². The van der Waals surface area contributed by atoms with Crippen LogP contribution in [0.1, 0.15) is 13.3 Å². The molecule has 0 bridgehead atoms. The van der Waals surface area contributed by atoms with E-state index >= 15 is 0 Å². The smallest absolute Gasteiger partial charge is 0.334 e. The van der Waals surface area contributed by atoms with Gasteiger partial charge in [0.1, 0.15) is 0 Å². The molecule has 0 spiro atoms. The number of hydrogen-bond donors (Lipinski definition) is 0. The Morgan fingerprint density at radius 1 is 1.60 bits per heavy atom. The zero-order valence-corrected chi connectivity index (χ0v) is 14.5. The average Bonchev–Trinajstić information content (AvgIpc) is 1.99. The molecular formula is C10H9I3O2. The largest absolute Gasteiger partial charge is 0.440 e. The normalized spacial score (nSPS) is 25.3. The van der Waals surface area contributed by atoms with Crippen molar-refractivity contribution in [3.05, 3.63) is 31.5 Å². The van der Waals surface area contributed by atoms with Gasteiger partial charge in [0.2, 0.25) is 0 Å². The van der Waals surface area contributed by atoms with Crippen LogP contribution in [-0.2, 0) is 9.53 Å². The maximum atomic E-state index is 11.4. The number of allylic oxidation sites excluding steroid dienone is 2. The van der Waals surface area contributed by atoms with Crippen LogP contribution < -0.4 is 0 Å². The molecule has 0 aromatic rings. The number of carbonyl (C=O) groups is 1. The van der Waals surface area contributed by atoms with Crippen LogP contribution in [0, 0.1) is 0 Å². The summed E-state index contributed by atoms with van der Waals surface area (Å²) in [6.07, 6.45) is 4.75. The lowest BCUT2D eigenvalue weighted by Gasteiger charge is -2.27. The van der Waals surface area contributed by atoms with E-state index in [-0.39, 0.29) is 5.97 Å². The Morgan fingerprint density at radius 2 is 2.20 bits per heavy atom. The predicted octanol–water partition coefficient (Wildman–Crippen LogP) is 4.28. The molecule has 0 amide bonds. The van der Waals surface area contributed by atoms with Crippen LogP contribution in [0.3, 0.4) is 0 Å². The van der Waals surface area contributed by atoms with Gasteiger partial charge in [-0.2, -0.15) is 0 Å². The molecule has 2 nitrogen and oxygen atoms in total. The molecule has 1 atom stereocenters. The molecule has 0 aliphatic heterocycles. The first-order valence-corrected chi connectivity index (χ1v) is 7.38. The van der Waals surface area contributed by atoms with Crippen LogP contribution in [0.2, 0.25) is 0 Å². The van der Waals surface area contributed by atoms with Crippen molar-refractivity contribution in [1.29, 1.82) is 0 Å². The Bertz CT molecular complexity index is 371. The predicted molar refractivity (Wildman–Crippen MR) is 86.5 cm³/mol. The van der Waals surface area contributed by atoms with E-state index in [1.807, 2.05) is 6.08 Å². The molecule has 1 aliphatic carbocycles. The minimum absolute atomic E-state index is 0.337. The van der Waals surface area contributed by atoms with Crippen LogP contribution in [0.5, 0.6) is 0 Å². The molecule has 0 heterocycles. The Hall–Kier alpha value is 0.880. The van der Waals surface area contributed by atoms with Crippen molar-refractivity contribution >= 4 is 73.7 Å². The molecule has 0 saturated carbocycles. The molecule has 15 heavy (non-hydrogen) atoms. The summed E-state index contributed by atoms with van der Waals surface area (Å²) in [6.45, 7) is 5.23. The topological polar surface area (TPSA) is 26.3 Å². The van der Waals surface area contributed by atoms with Gasteiger partial charge in [0, 0.05) is 15.6 Å². The summed E-state index contributed by atoms with van der Waals surface area (Å²) in [6, 6.07) is 0. The van der Waals surface area contributed by atoms with Gasteiger partial charge in [-0.1, -0.05) is 6.58 Å². The van der Waals surface area contributed by atoms with E-state index in [4.69, 9.17) is 4.74 Å². The Balaban J connectivity index is 2.82. The van der Waals surface area contributed by atoms with Crippen LogP contribution in [0.4, 0.5) is 0 Å². The second-order valence-corrected chi connectivity index (χ2v) is 7.71. The Labute approximate surface area is 130 Å². The number of alkyl halides is 1. The molecular weight excluding hydrogens is 533 g/mol. The average molecular weight is 542 g/mol. The van der Waals surface area contributed by atoms with Crippen LogP contribution in [0.15, 0.2) is 31.5 Å². The van der Waals surface area contributed by atoms with Gasteiger partial charge in [-0.25, -0.2) is 4.79 Å². The van der Waals surface area contributed by atoms with E-state index < -0.39 is 3.61 Å². The second kappa shape index (κ2) is 5.48. The lowest BCUT2D eigenvalue weighted by molar-refractivity contribution is -0.142. The van der Waals surface area contributed by atoms with E-state index in [1.54, 1.807) is 6.92 Å². The molecule has 0 aromatic carbocycles. The third-order valence-corrected chi connectivity index (χ3v) is 3.90. The van der Waals surface area contributed by atoms with Gasteiger partial charge in [0.25, 0.3) is 0 Å².